The Hall–Kier alpha value is -0.280. The molecule has 104 valence electrons. The fraction of sp³-hybridized carbons (Fsp3) is 0.923. The predicted molar refractivity (Wildman–Crippen MR) is 76.3 cm³/mol. The number of halogens is 1. The zero-order valence-corrected chi connectivity index (χ0v) is 12.9. The van der Waals surface area contributed by atoms with Gasteiger partial charge in [-0.05, 0) is 25.2 Å². The SMILES string of the molecule is CC(C)CC(C)(CN)NC(=O)C(C)C(C)C.Cl. The Morgan fingerprint density at radius 1 is 1.24 bits per heavy atom. The minimum absolute atomic E-state index is 0. The van der Waals surface area contributed by atoms with Crippen molar-refractivity contribution < 1.29 is 4.79 Å². The van der Waals surface area contributed by atoms with E-state index in [0.717, 1.165) is 6.42 Å². The number of carbonyl (C=O) groups is 1. The van der Waals surface area contributed by atoms with Crippen LogP contribution in [0.5, 0.6) is 0 Å². The molecule has 0 radical (unpaired) electrons. The van der Waals surface area contributed by atoms with Crippen LogP contribution in [0.25, 0.3) is 0 Å². The van der Waals surface area contributed by atoms with Crippen LogP contribution in [-0.2, 0) is 4.79 Å². The molecule has 0 aliphatic carbocycles. The number of amides is 1. The highest BCUT2D eigenvalue weighted by Gasteiger charge is 2.28. The molecular formula is C13H29ClN2O. The van der Waals surface area contributed by atoms with Crippen LogP contribution in [0, 0.1) is 17.8 Å². The lowest BCUT2D eigenvalue weighted by Gasteiger charge is -2.33. The highest BCUT2D eigenvalue weighted by molar-refractivity contribution is 5.85. The second-order valence-electron chi connectivity index (χ2n) is 5.88. The van der Waals surface area contributed by atoms with Crippen molar-refractivity contribution >= 4 is 18.3 Å². The minimum Gasteiger partial charge on any atom is -0.349 e. The molecule has 0 saturated heterocycles. The van der Waals surface area contributed by atoms with Gasteiger partial charge in [0, 0.05) is 18.0 Å². The Labute approximate surface area is 112 Å². The third-order valence-corrected chi connectivity index (χ3v) is 3.15. The van der Waals surface area contributed by atoms with Gasteiger partial charge in [-0.1, -0.05) is 34.6 Å². The lowest BCUT2D eigenvalue weighted by Crippen LogP contribution is -2.53. The summed E-state index contributed by atoms with van der Waals surface area (Å²) in [6.45, 7) is 12.9. The van der Waals surface area contributed by atoms with Gasteiger partial charge in [-0.3, -0.25) is 4.79 Å². The van der Waals surface area contributed by atoms with Crippen molar-refractivity contribution in [1.82, 2.24) is 5.32 Å². The van der Waals surface area contributed by atoms with Gasteiger partial charge in [0.25, 0.3) is 0 Å². The molecule has 0 rings (SSSR count). The number of hydrogen-bond acceptors (Lipinski definition) is 2. The molecule has 3 N–H and O–H groups in total. The minimum atomic E-state index is -0.269. The van der Waals surface area contributed by atoms with E-state index in [4.69, 9.17) is 5.73 Å². The van der Waals surface area contributed by atoms with E-state index in [1.54, 1.807) is 0 Å². The summed E-state index contributed by atoms with van der Waals surface area (Å²) >= 11 is 0. The summed E-state index contributed by atoms with van der Waals surface area (Å²) in [6, 6.07) is 0. The standard InChI is InChI=1S/C13H28N2O.ClH/c1-9(2)7-13(6,8-14)15-12(16)11(5)10(3)4;/h9-11H,7-8,14H2,1-6H3,(H,15,16);1H. The number of hydrogen-bond donors (Lipinski definition) is 2. The van der Waals surface area contributed by atoms with Gasteiger partial charge in [-0.2, -0.15) is 0 Å². The van der Waals surface area contributed by atoms with Crippen LogP contribution in [0.1, 0.15) is 48.0 Å². The van der Waals surface area contributed by atoms with E-state index in [2.05, 4.69) is 33.0 Å². The van der Waals surface area contributed by atoms with Crippen molar-refractivity contribution in [2.45, 2.75) is 53.5 Å². The van der Waals surface area contributed by atoms with Gasteiger partial charge < -0.3 is 11.1 Å². The second-order valence-corrected chi connectivity index (χ2v) is 5.88. The van der Waals surface area contributed by atoms with E-state index in [9.17, 15) is 4.79 Å². The first kappa shape index (κ1) is 19.1. The largest absolute Gasteiger partial charge is 0.349 e. The summed E-state index contributed by atoms with van der Waals surface area (Å²) in [5, 5.41) is 3.09. The van der Waals surface area contributed by atoms with Crippen LogP contribution in [-0.4, -0.2) is 18.0 Å². The molecule has 3 nitrogen and oxygen atoms in total. The summed E-state index contributed by atoms with van der Waals surface area (Å²) in [5.74, 6) is 1.05. The van der Waals surface area contributed by atoms with Crippen LogP contribution in [0.4, 0.5) is 0 Å². The van der Waals surface area contributed by atoms with Crippen molar-refractivity contribution in [2.24, 2.45) is 23.5 Å². The number of nitrogens with one attached hydrogen (secondary N) is 1. The molecule has 0 aromatic heterocycles. The molecular weight excluding hydrogens is 236 g/mol. The number of rotatable bonds is 6. The molecule has 2 unspecified atom stereocenters. The van der Waals surface area contributed by atoms with Crippen molar-refractivity contribution in [3.63, 3.8) is 0 Å². The van der Waals surface area contributed by atoms with Crippen LogP contribution in [0.2, 0.25) is 0 Å². The van der Waals surface area contributed by atoms with E-state index >= 15 is 0 Å². The molecule has 2 atom stereocenters. The third-order valence-electron chi connectivity index (χ3n) is 3.15. The molecule has 1 amide bonds. The summed E-state index contributed by atoms with van der Waals surface area (Å²) in [7, 11) is 0. The maximum absolute atomic E-state index is 12.0. The quantitative estimate of drug-likeness (QED) is 0.775. The van der Waals surface area contributed by atoms with Crippen LogP contribution in [0.3, 0.4) is 0 Å². The smallest absolute Gasteiger partial charge is 0.223 e. The van der Waals surface area contributed by atoms with Crippen molar-refractivity contribution in [1.29, 1.82) is 0 Å². The molecule has 0 heterocycles. The molecule has 0 aliphatic heterocycles. The lowest BCUT2D eigenvalue weighted by atomic mass is 9.89. The normalized spacial score (nSPS) is 16.3. The fourth-order valence-electron chi connectivity index (χ4n) is 1.80. The molecule has 0 spiro atoms. The Bertz CT molecular complexity index is 231. The van der Waals surface area contributed by atoms with E-state index in [1.807, 2.05) is 13.8 Å². The summed E-state index contributed by atoms with van der Waals surface area (Å²) in [4.78, 5) is 12.0. The molecule has 0 aromatic rings. The Balaban J connectivity index is 0. The van der Waals surface area contributed by atoms with Crippen LogP contribution in [0.15, 0.2) is 0 Å². The zero-order valence-electron chi connectivity index (χ0n) is 12.0. The molecule has 0 aliphatic rings. The maximum Gasteiger partial charge on any atom is 0.223 e. The molecule has 17 heavy (non-hydrogen) atoms. The van der Waals surface area contributed by atoms with Crippen LogP contribution < -0.4 is 11.1 Å². The van der Waals surface area contributed by atoms with Gasteiger partial charge in [-0.15, -0.1) is 12.4 Å². The topological polar surface area (TPSA) is 55.1 Å². The zero-order chi connectivity index (χ0) is 12.9. The number of nitrogens with two attached hydrogens (primary N) is 1. The first-order valence-corrected chi connectivity index (χ1v) is 6.24. The monoisotopic (exact) mass is 264 g/mol. The van der Waals surface area contributed by atoms with Gasteiger partial charge in [0.05, 0.1) is 0 Å². The Kier molecular flexibility index (Phi) is 8.90. The molecule has 0 fully saturated rings. The molecule has 0 saturated carbocycles. The average Bonchev–Trinajstić information content (AvgIpc) is 2.14. The molecule has 0 aromatic carbocycles. The average molecular weight is 265 g/mol. The Morgan fingerprint density at radius 2 is 1.71 bits per heavy atom. The van der Waals surface area contributed by atoms with Gasteiger partial charge in [0.2, 0.25) is 5.91 Å². The maximum atomic E-state index is 12.0. The van der Waals surface area contributed by atoms with Crippen LogP contribution >= 0.6 is 12.4 Å². The fourth-order valence-corrected chi connectivity index (χ4v) is 1.80. The highest BCUT2D eigenvalue weighted by atomic mass is 35.5. The molecule has 4 heteroatoms. The first-order chi connectivity index (χ1) is 7.22. The van der Waals surface area contributed by atoms with Gasteiger partial charge in [0.15, 0.2) is 0 Å². The summed E-state index contributed by atoms with van der Waals surface area (Å²) in [6.07, 6.45) is 0.917. The Morgan fingerprint density at radius 3 is 2.00 bits per heavy atom. The summed E-state index contributed by atoms with van der Waals surface area (Å²) < 4.78 is 0. The van der Waals surface area contributed by atoms with Crippen molar-refractivity contribution in [3.05, 3.63) is 0 Å². The second kappa shape index (κ2) is 7.93. The summed E-state index contributed by atoms with van der Waals surface area (Å²) in [5.41, 5.74) is 5.50. The highest BCUT2D eigenvalue weighted by Crippen LogP contribution is 2.17. The van der Waals surface area contributed by atoms with Crippen molar-refractivity contribution in [3.8, 4) is 0 Å². The van der Waals surface area contributed by atoms with E-state index < -0.39 is 0 Å². The molecule has 0 bridgehead atoms. The van der Waals surface area contributed by atoms with E-state index in [-0.39, 0.29) is 29.8 Å². The third kappa shape index (κ3) is 6.89. The number of carbonyl (C=O) groups excluding carboxylic acids is 1. The predicted octanol–water partition coefficient (Wildman–Crippen LogP) is 2.58. The van der Waals surface area contributed by atoms with Crippen molar-refractivity contribution in [2.75, 3.05) is 6.54 Å². The van der Waals surface area contributed by atoms with Gasteiger partial charge >= 0.3 is 0 Å². The van der Waals surface area contributed by atoms with Gasteiger partial charge in [0.1, 0.15) is 0 Å². The van der Waals surface area contributed by atoms with E-state index in [0.29, 0.717) is 18.4 Å². The van der Waals surface area contributed by atoms with Gasteiger partial charge in [-0.25, -0.2) is 0 Å². The van der Waals surface area contributed by atoms with E-state index in [1.165, 1.54) is 0 Å². The first-order valence-electron chi connectivity index (χ1n) is 6.24. The lowest BCUT2D eigenvalue weighted by molar-refractivity contribution is -0.127.